The van der Waals surface area contributed by atoms with Gasteiger partial charge in [-0.15, -0.1) is 0 Å². The molecule has 0 bridgehead atoms. The SMILES string of the molecule is O=C(CN1NC2N(CCN2c2ccccc2)C(=O)C1=O)N1CCCC1. The number of nitrogens with zero attached hydrogens (tertiary/aromatic N) is 4. The molecule has 1 aromatic carbocycles. The number of amides is 3. The summed E-state index contributed by atoms with van der Waals surface area (Å²) in [6, 6.07) is 9.73. The first-order valence-corrected chi connectivity index (χ1v) is 8.63. The van der Waals surface area contributed by atoms with Crippen LogP contribution in [0.5, 0.6) is 0 Å². The van der Waals surface area contributed by atoms with Crippen molar-refractivity contribution in [3.63, 3.8) is 0 Å². The Kier molecular flexibility index (Phi) is 4.04. The average molecular weight is 343 g/mol. The second kappa shape index (κ2) is 6.36. The first kappa shape index (κ1) is 15.9. The molecule has 132 valence electrons. The van der Waals surface area contributed by atoms with Gasteiger partial charge in [0.25, 0.3) is 0 Å². The van der Waals surface area contributed by atoms with Crippen molar-refractivity contribution < 1.29 is 14.4 Å². The minimum atomic E-state index is -0.668. The summed E-state index contributed by atoms with van der Waals surface area (Å²) in [6.45, 7) is 2.44. The maximum absolute atomic E-state index is 12.4. The molecular formula is C17H21N5O3. The van der Waals surface area contributed by atoms with Crippen LogP contribution in [-0.2, 0) is 14.4 Å². The van der Waals surface area contributed by atoms with E-state index in [0.717, 1.165) is 31.6 Å². The third-order valence-corrected chi connectivity index (χ3v) is 4.97. The zero-order valence-corrected chi connectivity index (χ0v) is 13.9. The zero-order valence-electron chi connectivity index (χ0n) is 13.9. The highest BCUT2D eigenvalue weighted by molar-refractivity contribution is 6.35. The van der Waals surface area contributed by atoms with Gasteiger partial charge in [0.1, 0.15) is 6.54 Å². The highest BCUT2D eigenvalue weighted by atomic mass is 16.2. The number of carbonyl (C=O) groups excluding carboxylic acids is 3. The van der Waals surface area contributed by atoms with Gasteiger partial charge in [-0.1, -0.05) is 18.2 Å². The highest BCUT2D eigenvalue weighted by Crippen LogP contribution is 2.24. The molecule has 1 aromatic rings. The highest BCUT2D eigenvalue weighted by Gasteiger charge is 2.45. The Morgan fingerprint density at radius 3 is 2.36 bits per heavy atom. The Morgan fingerprint density at radius 1 is 0.960 bits per heavy atom. The van der Waals surface area contributed by atoms with Gasteiger partial charge in [-0.3, -0.25) is 24.3 Å². The Morgan fingerprint density at radius 2 is 1.64 bits per heavy atom. The van der Waals surface area contributed by atoms with E-state index in [9.17, 15) is 14.4 Å². The van der Waals surface area contributed by atoms with E-state index in [-0.39, 0.29) is 12.5 Å². The summed E-state index contributed by atoms with van der Waals surface area (Å²) in [5.41, 5.74) is 4.03. The molecule has 3 heterocycles. The van der Waals surface area contributed by atoms with Crippen LogP contribution in [0.25, 0.3) is 0 Å². The van der Waals surface area contributed by atoms with Gasteiger partial charge in [-0.25, -0.2) is 0 Å². The molecule has 0 radical (unpaired) electrons. The molecule has 1 atom stereocenters. The molecule has 3 saturated heterocycles. The largest absolute Gasteiger partial charge is 0.341 e. The van der Waals surface area contributed by atoms with Gasteiger partial charge in [0.15, 0.2) is 6.29 Å². The van der Waals surface area contributed by atoms with E-state index in [4.69, 9.17) is 0 Å². The Hall–Kier alpha value is -2.61. The van der Waals surface area contributed by atoms with E-state index >= 15 is 0 Å². The van der Waals surface area contributed by atoms with Crippen molar-refractivity contribution in [3.8, 4) is 0 Å². The van der Waals surface area contributed by atoms with Crippen molar-refractivity contribution >= 4 is 23.4 Å². The van der Waals surface area contributed by atoms with Gasteiger partial charge >= 0.3 is 11.8 Å². The second-order valence-corrected chi connectivity index (χ2v) is 6.51. The predicted molar refractivity (Wildman–Crippen MR) is 90.0 cm³/mol. The number of carbonyl (C=O) groups is 3. The van der Waals surface area contributed by atoms with Gasteiger partial charge < -0.3 is 9.80 Å². The molecule has 0 spiro atoms. The number of hydrogen-bond donors (Lipinski definition) is 1. The molecule has 0 aromatic heterocycles. The number of benzene rings is 1. The van der Waals surface area contributed by atoms with Crippen LogP contribution in [0.3, 0.4) is 0 Å². The smallest absolute Gasteiger partial charge is 0.326 e. The van der Waals surface area contributed by atoms with Gasteiger partial charge in [-0.2, -0.15) is 5.43 Å². The Bertz CT molecular complexity index is 689. The van der Waals surface area contributed by atoms with Crippen LogP contribution in [0.4, 0.5) is 5.69 Å². The topological polar surface area (TPSA) is 76.2 Å². The standard InChI is InChI=1S/C17H21N5O3/c23-14(19-8-4-5-9-19)12-22-16(25)15(24)21-11-10-20(17(21)18-22)13-6-2-1-3-7-13/h1-3,6-7,17-18H,4-5,8-12H2. The number of hydrogen-bond acceptors (Lipinski definition) is 5. The van der Waals surface area contributed by atoms with Crippen LogP contribution < -0.4 is 10.3 Å². The number of hydrazine groups is 1. The van der Waals surface area contributed by atoms with Crippen LogP contribution in [0.15, 0.2) is 30.3 Å². The molecule has 8 nitrogen and oxygen atoms in total. The molecule has 3 fully saturated rings. The van der Waals surface area contributed by atoms with Gasteiger partial charge in [0.2, 0.25) is 5.91 Å². The molecule has 25 heavy (non-hydrogen) atoms. The van der Waals surface area contributed by atoms with Crippen LogP contribution >= 0.6 is 0 Å². The van der Waals surface area contributed by atoms with E-state index in [1.54, 1.807) is 4.90 Å². The van der Waals surface area contributed by atoms with Gasteiger partial charge in [0.05, 0.1) is 0 Å². The van der Waals surface area contributed by atoms with Gasteiger partial charge in [-0.05, 0) is 25.0 Å². The summed E-state index contributed by atoms with van der Waals surface area (Å²) in [7, 11) is 0. The van der Waals surface area contributed by atoms with Crippen molar-refractivity contribution in [2.24, 2.45) is 0 Å². The molecule has 0 saturated carbocycles. The van der Waals surface area contributed by atoms with Crippen LogP contribution in [0.1, 0.15) is 12.8 Å². The average Bonchev–Trinajstić information content (AvgIpc) is 3.30. The van der Waals surface area contributed by atoms with E-state index in [2.05, 4.69) is 5.43 Å². The monoisotopic (exact) mass is 343 g/mol. The zero-order chi connectivity index (χ0) is 17.4. The van der Waals surface area contributed by atoms with Crippen LogP contribution in [-0.4, -0.2) is 71.5 Å². The summed E-state index contributed by atoms with van der Waals surface area (Å²) >= 11 is 0. The fourth-order valence-corrected chi connectivity index (χ4v) is 3.63. The van der Waals surface area contributed by atoms with Crippen LogP contribution in [0, 0.1) is 0 Å². The lowest BCUT2D eigenvalue weighted by Crippen LogP contribution is -2.68. The third kappa shape index (κ3) is 2.82. The first-order chi connectivity index (χ1) is 12.1. The molecule has 1 N–H and O–H groups in total. The van der Waals surface area contributed by atoms with E-state index < -0.39 is 18.1 Å². The molecule has 8 heteroatoms. The number of anilines is 1. The molecule has 3 aliphatic heterocycles. The molecule has 1 unspecified atom stereocenters. The molecule has 3 aliphatic rings. The van der Waals surface area contributed by atoms with Crippen LogP contribution in [0.2, 0.25) is 0 Å². The number of likely N-dealkylation sites (tertiary alicyclic amines) is 1. The molecule has 3 amide bonds. The maximum atomic E-state index is 12.4. The summed E-state index contributed by atoms with van der Waals surface area (Å²) in [6.07, 6.45) is 1.54. The lowest BCUT2D eigenvalue weighted by atomic mass is 10.3. The lowest BCUT2D eigenvalue weighted by molar-refractivity contribution is -0.164. The van der Waals surface area contributed by atoms with Crippen molar-refractivity contribution in [3.05, 3.63) is 30.3 Å². The van der Waals surface area contributed by atoms with E-state index in [0.29, 0.717) is 13.1 Å². The second-order valence-electron chi connectivity index (χ2n) is 6.51. The number of para-hydroxylation sites is 1. The number of rotatable bonds is 3. The third-order valence-electron chi connectivity index (χ3n) is 4.97. The minimum absolute atomic E-state index is 0.114. The van der Waals surface area contributed by atoms with Gasteiger partial charge in [0, 0.05) is 31.9 Å². The molecule has 4 rings (SSSR count). The van der Waals surface area contributed by atoms with Crippen molar-refractivity contribution in [2.45, 2.75) is 19.1 Å². The normalized spacial score (nSPS) is 23.4. The number of fused-ring (bicyclic) bond motifs is 1. The Labute approximate surface area is 145 Å². The fraction of sp³-hybridized carbons (Fsp3) is 0.471. The lowest BCUT2D eigenvalue weighted by Gasteiger charge is -2.40. The first-order valence-electron chi connectivity index (χ1n) is 8.63. The minimum Gasteiger partial charge on any atom is -0.341 e. The summed E-state index contributed by atoms with van der Waals surface area (Å²) in [5.74, 6) is -1.35. The maximum Gasteiger partial charge on any atom is 0.326 e. The van der Waals surface area contributed by atoms with Crippen molar-refractivity contribution in [1.29, 1.82) is 0 Å². The summed E-state index contributed by atoms with van der Waals surface area (Å²) in [4.78, 5) is 42.4. The predicted octanol–water partition coefficient (Wildman–Crippen LogP) is -0.412. The summed E-state index contributed by atoms with van der Waals surface area (Å²) < 4.78 is 0. The quantitative estimate of drug-likeness (QED) is 0.755. The Balaban J connectivity index is 1.51. The van der Waals surface area contributed by atoms with Crippen molar-refractivity contribution in [1.82, 2.24) is 20.2 Å². The van der Waals surface area contributed by atoms with E-state index in [1.807, 2.05) is 35.2 Å². The molecular weight excluding hydrogens is 322 g/mol. The molecule has 0 aliphatic carbocycles. The summed E-state index contributed by atoms with van der Waals surface area (Å²) in [5, 5.41) is 1.17. The fourth-order valence-electron chi connectivity index (χ4n) is 3.63. The van der Waals surface area contributed by atoms with E-state index in [1.165, 1.54) is 9.91 Å². The number of nitrogens with one attached hydrogen (secondary N) is 1. The van der Waals surface area contributed by atoms with Crippen molar-refractivity contribution in [2.75, 3.05) is 37.6 Å².